The highest BCUT2D eigenvalue weighted by Gasteiger charge is 2.32. The zero-order chi connectivity index (χ0) is 30.6. The van der Waals surface area contributed by atoms with Crippen LogP contribution in [0.1, 0.15) is 38.8 Å². The molecule has 3 amide bonds. The summed E-state index contributed by atoms with van der Waals surface area (Å²) >= 11 is 1.19. The van der Waals surface area contributed by atoms with Crippen molar-refractivity contribution >= 4 is 51.3 Å². The number of aryl methyl sites for hydroxylation is 1. The zero-order valence-corrected chi connectivity index (χ0v) is 23.7. The molecule has 1 aromatic heterocycles. The van der Waals surface area contributed by atoms with Crippen LogP contribution >= 0.6 is 11.3 Å². The standard InChI is InChI=1S/C27H29F3N8O3S/c1-15-4-5-18(8-22(15)38(32-3)12-21(31)23-10-33-26(42-23)35-16(2)39)25(41)36-20-7-17(6-19(9-20)27(28,29)30)11-37-13-24(40)34-14-37/h4-10,12,32H,11,13-14,31H2,1-3H3,(H,34,40)(H,36,41)(H,33,35,39)/b21-12-. The van der Waals surface area contributed by atoms with E-state index in [1.807, 2.05) is 6.92 Å². The number of aromatic nitrogens is 1. The van der Waals surface area contributed by atoms with Crippen LogP contribution in [-0.2, 0) is 22.3 Å². The Kier molecular flexibility index (Phi) is 9.14. The Hall–Kier alpha value is -4.47. The largest absolute Gasteiger partial charge is 0.416 e. The van der Waals surface area contributed by atoms with Crippen LogP contribution in [0.2, 0.25) is 0 Å². The molecule has 6 N–H and O–H groups in total. The normalized spacial score (nSPS) is 14.0. The summed E-state index contributed by atoms with van der Waals surface area (Å²) < 4.78 is 41.0. The van der Waals surface area contributed by atoms with E-state index in [0.717, 1.165) is 17.7 Å². The van der Waals surface area contributed by atoms with Gasteiger partial charge in [-0.25, -0.2) is 10.4 Å². The fourth-order valence-corrected chi connectivity index (χ4v) is 4.98. The third kappa shape index (κ3) is 7.63. The highest BCUT2D eigenvalue weighted by atomic mass is 32.1. The molecule has 0 saturated carbocycles. The average molecular weight is 603 g/mol. The molecular weight excluding hydrogens is 573 g/mol. The van der Waals surface area contributed by atoms with Crippen LogP contribution in [0.3, 0.4) is 0 Å². The summed E-state index contributed by atoms with van der Waals surface area (Å²) in [5.41, 5.74) is 10.5. The van der Waals surface area contributed by atoms with Gasteiger partial charge in [0, 0.05) is 44.2 Å². The predicted molar refractivity (Wildman–Crippen MR) is 154 cm³/mol. The Labute approximate surface area is 243 Å². The van der Waals surface area contributed by atoms with Crippen LogP contribution in [0.4, 0.5) is 29.7 Å². The minimum atomic E-state index is -4.63. The van der Waals surface area contributed by atoms with E-state index in [1.54, 1.807) is 41.4 Å². The van der Waals surface area contributed by atoms with Gasteiger partial charge in [-0.2, -0.15) is 13.2 Å². The SMILES string of the molecule is CNN(/C=C(\N)c1cnc(NC(C)=O)s1)c1cc(C(=O)Nc2cc(CN3CNC(=O)C3)cc(C(F)(F)F)c2)ccc1C. The van der Waals surface area contributed by atoms with E-state index in [2.05, 4.69) is 26.4 Å². The Bertz CT molecular complexity index is 1540. The number of benzene rings is 2. The lowest BCUT2D eigenvalue weighted by Crippen LogP contribution is -2.31. The molecule has 15 heteroatoms. The van der Waals surface area contributed by atoms with E-state index in [1.165, 1.54) is 30.5 Å². The highest BCUT2D eigenvalue weighted by molar-refractivity contribution is 7.16. The number of nitrogens with one attached hydrogen (secondary N) is 4. The molecule has 1 aliphatic rings. The number of carbonyl (C=O) groups is 3. The van der Waals surface area contributed by atoms with E-state index < -0.39 is 17.6 Å². The van der Waals surface area contributed by atoms with Gasteiger partial charge in [0.25, 0.3) is 5.91 Å². The third-order valence-electron chi connectivity index (χ3n) is 6.16. The van der Waals surface area contributed by atoms with Crippen molar-refractivity contribution in [3.05, 3.63) is 75.9 Å². The second-order valence-corrected chi connectivity index (χ2v) is 10.5. The quantitative estimate of drug-likeness (QED) is 0.234. The average Bonchev–Trinajstić information content (AvgIpc) is 3.55. The van der Waals surface area contributed by atoms with Gasteiger partial charge in [-0.05, 0) is 48.4 Å². The van der Waals surface area contributed by atoms with Crippen molar-refractivity contribution < 1.29 is 27.6 Å². The molecular formula is C27H29F3N8O3S. The van der Waals surface area contributed by atoms with Gasteiger partial charge in [-0.15, -0.1) is 0 Å². The lowest BCUT2D eigenvalue weighted by Gasteiger charge is -2.23. The van der Waals surface area contributed by atoms with Crippen LogP contribution in [0.25, 0.3) is 5.70 Å². The molecule has 0 spiro atoms. The maximum atomic E-state index is 13.7. The molecule has 0 radical (unpaired) electrons. The van der Waals surface area contributed by atoms with Crippen molar-refractivity contribution in [2.45, 2.75) is 26.6 Å². The van der Waals surface area contributed by atoms with E-state index in [-0.39, 0.29) is 42.8 Å². The summed E-state index contributed by atoms with van der Waals surface area (Å²) in [5, 5.41) is 9.76. The number of hydrazine groups is 1. The topological polar surface area (TPSA) is 145 Å². The molecule has 0 bridgehead atoms. The third-order valence-corrected chi connectivity index (χ3v) is 7.13. The summed E-state index contributed by atoms with van der Waals surface area (Å²) in [5.74, 6) is -1.09. The molecule has 0 aliphatic carbocycles. The fourth-order valence-electron chi connectivity index (χ4n) is 4.19. The number of rotatable bonds is 9. The van der Waals surface area contributed by atoms with Gasteiger partial charge >= 0.3 is 6.18 Å². The first-order valence-electron chi connectivity index (χ1n) is 12.6. The van der Waals surface area contributed by atoms with Gasteiger partial charge < -0.3 is 21.7 Å². The second kappa shape index (κ2) is 12.6. The van der Waals surface area contributed by atoms with E-state index in [0.29, 0.717) is 27.0 Å². The van der Waals surface area contributed by atoms with Crippen LogP contribution in [0.5, 0.6) is 0 Å². The molecule has 42 heavy (non-hydrogen) atoms. The van der Waals surface area contributed by atoms with E-state index in [9.17, 15) is 27.6 Å². The van der Waals surface area contributed by atoms with E-state index >= 15 is 0 Å². The van der Waals surface area contributed by atoms with Crippen molar-refractivity contribution in [2.75, 3.05) is 35.9 Å². The van der Waals surface area contributed by atoms with Crippen molar-refractivity contribution in [1.29, 1.82) is 0 Å². The maximum Gasteiger partial charge on any atom is 0.416 e. The lowest BCUT2D eigenvalue weighted by molar-refractivity contribution is -0.137. The predicted octanol–water partition coefficient (Wildman–Crippen LogP) is 3.47. The van der Waals surface area contributed by atoms with Crippen LogP contribution in [0.15, 0.2) is 48.8 Å². The number of carbonyl (C=O) groups excluding carboxylic acids is 3. The first kappa shape index (κ1) is 30.5. The van der Waals surface area contributed by atoms with Gasteiger partial charge in [0.1, 0.15) is 0 Å². The molecule has 2 heterocycles. The fraction of sp³-hybridized carbons (Fsp3) is 0.259. The smallest absolute Gasteiger partial charge is 0.396 e. The molecule has 3 aromatic rings. The number of hydrogen-bond acceptors (Lipinski definition) is 9. The first-order chi connectivity index (χ1) is 19.8. The molecule has 222 valence electrons. The zero-order valence-electron chi connectivity index (χ0n) is 22.9. The summed E-state index contributed by atoms with van der Waals surface area (Å²) in [6.07, 6.45) is -1.52. The van der Waals surface area contributed by atoms with Gasteiger partial charge in [0.15, 0.2) is 5.13 Å². The first-order valence-corrected chi connectivity index (χ1v) is 13.4. The molecule has 4 rings (SSSR count). The molecule has 11 nitrogen and oxygen atoms in total. The second-order valence-electron chi connectivity index (χ2n) is 9.51. The minimum absolute atomic E-state index is 0.0276. The highest BCUT2D eigenvalue weighted by Crippen LogP contribution is 2.33. The van der Waals surface area contributed by atoms with Crippen LogP contribution in [-0.4, -0.2) is 47.9 Å². The number of hydrogen-bond donors (Lipinski definition) is 5. The van der Waals surface area contributed by atoms with Crippen molar-refractivity contribution in [2.24, 2.45) is 5.73 Å². The number of nitrogens with zero attached hydrogens (tertiary/aromatic N) is 3. The Morgan fingerprint density at radius 2 is 1.98 bits per heavy atom. The van der Waals surface area contributed by atoms with Crippen molar-refractivity contribution in [3.63, 3.8) is 0 Å². The summed E-state index contributed by atoms with van der Waals surface area (Å²) in [4.78, 5) is 42.4. The van der Waals surface area contributed by atoms with Crippen LogP contribution < -0.4 is 32.1 Å². The Balaban J connectivity index is 1.57. The molecule has 0 unspecified atom stereocenters. The van der Waals surface area contributed by atoms with Crippen LogP contribution in [0, 0.1) is 6.92 Å². The number of amides is 3. The van der Waals surface area contributed by atoms with Gasteiger partial charge in [0.2, 0.25) is 11.8 Å². The molecule has 2 aromatic carbocycles. The molecule has 1 saturated heterocycles. The Morgan fingerprint density at radius 1 is 1.21 bits per heavy atom. The number of halogens is 3. The Morgan fingerprint density at radius 3 is 2.62 bits per heavy atom. The summed E-state index contributed by atoms with van der Waals surface area (Å²) in [6.45, 7) is 3.59. The molecule has 1 aliphatic heterocycles. The maximum absolute atomic E-state index is 13.7. The van der Waals surface area contributed by atoms with Crippen molar-refractivity contribution in [3.8, 4) is 0 Å². The van der Waals surface area contributed by atoms with Gasteiger partial charge in [-0.3, -0.25) is 24.3 Å². The van der Waals surface area contributed by atoms with E-state index in [4.69, 9.17) is 5.73 Å². The number of anilines is 3. The monoisotopic (exact) mass is 602 g/mol. The minimum Gasteiger partial charge on any atom is -0.396 e. The number of alkyl halides is 3. The molecule has 0 atom stereocenters. The molecule has 1 fully saturated rings. The van der Waals surface area contributed by atoms with Gasteiger partial charge in [0.05, 0.1) is 35.0 Å². The summed E-state index contributed by atoms with van der Waals surface area (Å²) in [7, 11) is 1.65. The lowest BCUT2D eigenvalue weighted by atomic mass is 10.1. The van der Waals surface area contributed by atoms with Gasteiger partial charge in [-0.1, -0.05) is 17.4 Å². The van der Waals surface area contributed by atoms with Crippen molar-refractivity contribution in [1.82, 2.24) is 20.6 Å². The number of nitrogens with two attached hydrogens (primary N) is 1. The summed E-state index contributed by atoms with van der Waals surface area (Å²) in [6, 6.07) is 8.18. The number of thiazole rings is 1.